The van der Waals surface area contributed by atoms with Gasteiger partial charge in [0.2, 0.25) is 0 Å². The minimum absolute atomic E-state index is 0. The zero-order chi connectivity index (χ0) is 13.0. The zero-order valence-electron chi connectivity index (χ0n) is 9.56. The Morgan fingerprint density at radius 1 is 1.44 bits per heavy atom. The van der Waals surface area contributed by atoms with E-state index >= 15 is 0 Å². The quantitative estimate of drug-likeness (QED) is 0.227. The summed E-state index contributed by atoms with van der Waals surface area (Å²) in [5.41, 5.74) is 0.351. The molecule has 0 saturated carbocycles. The van der Waals surface area contributed by atoms with E-state index in [4.69, 9.17) is 15.4 Å². The second kappa shape index (κ2) is 7.29. The van der Waals surface area contributed by atoms with Crippen molar-refractivity contribution in [1.82, 2.24) is 9.97 Å². The molecule has 0 fully saturated rings. The van der Waals surface area contributed by atoms with Crippen LogP contribution in [-0.2, 0) is 0 Å². The highest BCUT2D eigenvalue weighted by molar-refractivity contribution is 5.94. The molecular formula is C9H16ClN3O5. The lowest BCUT2D eigenvalue weighted by molar-refractivity contribution is -0.0788. The summed E-state index contributed by atoms with van der Waals surface area (Å²) in [6.07, 6.45) is -3.18. The second-order valence-electron chi connectivity index (χ2n) is 3.56. The summed E-state index contributed by atoms with van der Waals surface area (Å²) in [4.78, 5) is 6.43. The largest absolute Gasteiger partial charge is 0.411 e. The van der Waals surface area contributed by atoms with Crippen LogP contribution in [0, 0.1) is 0 Å². The number of halogens is 1. The third-order valence-electron chi connectivity index (χ3n) is 2.31. The summed E-state index contributed by atoms with van der Waals surface area (Å²) in [6, 6.07) is 0. The lowest BCUT2D eigenvalue weighted by atomic mass is 10.1. The average molecular weight is 282 g/mol. The number of nitrogens with one attached hydrogen (secondary N) is 1. The molecule has 0 amide bonds. The van der Waals surface area contributed by atoms with Crippen LogP contribution >= 0.6 is 12.4 Å². The lowest BCUT2D eigenvalue weighted by Gasteiger charge is -2.20. The van der Waals surface area contributed by atoms with Gasteiger partial charge in [-0.3, -0.25) is 0 Å². The third kappa shape index (κ3) is 3.65. The molecule has 8 nitrogen and oxygen atoms in total. The first-order chi connectivity index (χ1) is 8.01. The maximum Gasteiger partial charge on any atom is 0.155 e. The van der Waals surface area contributed by atoms with Gasteiger partial charge < -0.3 is 30.6 Å². The first-order valence-electron chi connectivity index (χ1n) is 4.90. The van der Waals surface area contributed by atoms with E-state index in [0.717, 1.165) is 0 Å². The monoisotopic (exact) mass is 281 g/mol. The fourth-order valence-electron chi connectivity index (χ4n) is 1.22. The first kappa shape index (κ1) is 16.8. The summed E-state index contributed by atoms with van der Waals surface area (Å²) in [6.45, 7) is 0.824. The highest BCUT2D eigenvalue weighted by atomic mass is 35.5. The number of oxime groups is 1. The van der Waals surface area contributed by atoms with Gasteiger partial charge in [-0.1, -0.05) is 5.16 Å². The van der Waals surface area contributed by atoms with Gasteiger partial charge in [0.05, 0.1) is 18.5 Å². The van der Waals surface area contributed by atoms with Crippen molar-refractivity contribution >= 4 is 18.1 Å². The van der Waals surface area contributed by atoms with E-state index in [1.54, 1.807) is 0 Å². The molecule has 18 heavy (non-hydrogen) atoms. The second-order valence-corrected chi connectivity index (χ2v) is 3.56. The molecule has 0 aliphatic carbocycles. The highest BCUT2D eigenvalue weighted by Crippen LogP contribution is 2.17. The van der Waals surface area contributed by atoms with Gasteiger partial charge in [0.25, 0.3) is 0 Å². The molecule has 0 aromatic carbocycles. The predicted molar refractivity (Wildman–Crippen MR) is 63.9 cm³/mol. The molecule has 0 aliphatic heterocycles. The normalized spacial score (nSPS) is 16.8. The van der Waals surface area contributed by atoms with E-state index in [2.05, 4.69) is 15.1 Å². The summed E-state index contributed by atoms with van der Waals surface area (Å²) >= 11 is 0. The topological polar surface area (TPSA) is 142 Å². The zero-order valence-corrected chi connectivity index (χ0v) is 10.4. The number of H-pyrrole nitrogens is 1. The maximum atomic E-state index is 9.66. The highest BCUT2D eigenvalue weighted by Gasteiger charge is 2.27. The molecule has 0 saturated heterocycles. The SMILES string of the molecule is C/C(=N\O)c1ncc([C@@H](O)[C@H](O)[C@H](O)CO)[nH]1.Cl. The minimum Gasteiger partial charge on any atom is -0.411 e. The van der Waals surface area contributed by atoms with E-state index in [9.17, 15) is 10.2 Å². The number of aliphatic hydroxyl groups excluding tert-OH is 4. The van der Waals surface area contributed by atoms with Gasteiger partial charge in [-0.15, -0.1) is 12.4 Å². The Bertz CT molecular complexity index is 397. The van der Waals surface area contributed by atoms with Gasteiger partial charge in [-0.25, -0.2) is 4.98 Å². The Labute approximate surface area is 109 Å². The number of hydrogen-bond donors (Lipinski definition) is 6. The summed E-state index contributed by atoms with van der Waals surface area (Å²) in [5, 5.41) is 48.3. The number of aromatic nitrogens is 2. The van der Waals surface area contributed by atoms with E-state index in [0.29, 0.717) is 0 Å². The van der Waals surface area contributed by atoms with Crippen LogP contribution in [0.1, 0.15) is 24.5 Å². The standard InChI is InChI=1S/C9H15N3O5.ClH/c1-4(12-17)9-10-2-5(11-9)7(15)8(16)6(14)3-13;/h2,6-8,13-17H,3H2,1H3,(H,10,11);1H/b12-4+;/t6-,7-,8-;/m1./s1. The van der Waals surface area contributed by atoms with Crippen molar-refractivity contribution in [1.29, 1.82) is 0 Å². The van der Waals surface area contributed by atoms with Crippen molar-refractivity contribution in [2.75, 3.05) is 6.61 Å². The van der Waals surface area contributed by atoms with Crippen LogP contribution in [0.4, 0.5) is 0 Å². The van der Waals surface area contributed by atoms with E-state index in [1.807, 2.05) is 0 Å². The fraction of sp³-hybridized carbons (Fsp3) is 0.556. The summed E-state index contributed by atoms with van der Waals surface area (Å²) in [7, 11) is 0. The van der Waals surface area contributed by atoms with Gasteiger partial charge in [0.1, 0.15) is 24.0 Å². The van der Waals surface area contributed by atoms with Crippen molar-refractivity contribution in [3.63, 3.8) is 0 Å². The van der Waals surface area contributed by atoms with E-state index < -0.39 is 24.9 Å². The predicted octanol–water partition coefficient (Wildman–Crippen LogP) is -1.22. The Balaban J connectivity index is 0.00000289. The molecule has 1 aromatic heterocycles. The molecule has 9 heteroatoms. The molecule has 0 bridgehead atoms. The smallest absolute Gasteiger partial charge is 0.155 e. The minimum atomic E-state index is -1.54. The van der Waals surface area contributed by atoms with Crippen molar-refractivity contribution in [3.8, 4) is 0 Å². The summed E-state index contributed by atoms with van der Waals surface area (Å²) in [5.74, 6) is 0.229. The average Bonchev–Trinajstić information content (AvgIpc) is 2.84. The van der Waals surface area contributed by atoms with Gasteiger partial charge in [-0.2, -0.15) is 0 Å². The summed E-state index contributed by atoms with van der Waals surface area (Å²) < 4.78 is 0. The van der Waals surface area contributed by atoms with Crippen molar-refractivity contribution in [2.24, 2.45) is 5.16 Å². The molecule has 3 atom stereocenters. The number of aromatic amines is 1. The first-order valence-corrected chi connectivity index (χ1v) is 4.90. The van der Waals surface area contributed by atoms with Crippen LogP contribution in [-0.4, -0.2) is 60.1 Å². The van der Waals surface area contributed by atoms with E-state index in [-0.39, 0.29) is 29.6 Å². The van der Waals surface area contributed by atoms with Crippen molar-refractivity contribution in [3.05, 3.63) is 17.7 Å². The molecule has 1 aromatic rings. The van der Waals surface area contributed by atoms with Crippen molar-refractivity contribution < 1.29 is 25.6 Å². The molecule has 0 spiro atoms. The van der Waals surface area contributed by atoms with Gasteiger partial charge in [-0.05, 0) is 6.92 Å². The van der Waals surface area contributed by atoms with Crippen molar-refractivity contribution in [2.45, 2.75) is 25.2 Å². The maximum absolute atomic E-state index is 9.66. The van der Waals surface area contributed by atoms with Gasteiger partial charge in [0, 0.05) is 0 Å². The van der Waals surface area contributed by atoms with Gasteiger partial charge in [0.15, 0.2) is 5.82 Å². The molecular weight excluding hydrogens is 266 g/mol. The Hall–Kier alpha value is -1.19. The number of nitrogens with zero attached hydrogens (tertiary/aromatic N) is 2. The molecule has 0 unspecified atom stereocenters. The Morgan fingerprint density at radius 2 is 2.06 bits per heavy atom. The molecule has 0 aliphatic rings. The van der Waals surface area contributed by atoms with Gasteiger partial charge >= 0.3 is 0 Å². The number of imidazole rings is 1. The molecule has 1 heterocycles. The van der Waals surface area contributed by atoms with Crippen LogP contribution in [0.25, 0.3) is 0 Å². The van der Waals surface area contributed by atoms with Crippen LogP contribution < -0.4 is 0 Å². The molecule has 6 N–H and O–H groups in total. The fourth-order valence-corrected chi connectivity index (χ4v) is 1.22. The molecule has 104 valence electrons. The Morgan fingerprint density at radius 3 is 2.56 bits per heavy atom. The van der Waals surface area contributed by atoms with Crippen LogP contribution in [0.2, 0.25) is 0 Å². The Kier molecular flexibility index (Phi) is 6.81. The number of aliphatic hydroxyl groups is 4. The number of rotatable bonds is 5. The third-order valence-corrected chi connectivity index (χ3v) is 2.31. The molecule has 0 radical (unpaired) electrons. The van der Waals surface area contributed by atoms with Crippen LogP contribution in [0.5, 0.6) is 0 Å². The van der Waals surface area contributed by atoms with Crippen LogP contribution in [0.15, 0.2) is 11.4 Å². The lowest BCUT2D eigenvalue weighted by Crippen LogP contribution is -2.34. The molecule has 1 rings (SSSR count). The van der Waals surface area contributed by atoms with Crippen LogP contribution in [0.3, 0.4) is 0 Å². The number of hydrogen-bond acceptors (Lipinski definition) is 7. The van der Waals surface area contributed by atoms with E-state index in [1.165, 1.54) is 13.1 Å².